The van der Waals surface area contributed by atoms with E-state index >= 15 is 0 Å². The Morgan fingerprint density at radius 2 is 2.16 bits per heavy atom. The van der Waals surface area contributed by atoms with E-state index in [0.29, 0.717) is 4.58 Å². The van der Waals surface area contributed by atoms with Gasteiger partial charge in [-0.2, -0.15) is 0 Å². The molecule has 0 saturated carbocycles. The minimum Gasteiger partial charge on any atom is -0.364 e. The molecule has 0 spiro atoms. The highest BCUT2D eigenvalue weighted by Gasteiger charge is 2.18. The first-order valence-corrected chi connectivity index (χ1v) is 7.97. The van der Waals surface area contributed by atoms with Gasteiger partial charge in [-0.15, -0.1) is 23.5 Å². The van der Waals surface area contributed by atoms with Crippen LogP contribution in [-0.4, -0.2) is 22.6 Å². The number of amides is 1. The van der Waals surface area contributed by atoms with Gasteiger partial charge in [0.2, 0.25) is 0 Å². The number of thioether (sulfide) groups is 2. The lowest BCUT2D eigenvalue weighted by atomic mass is 10.2. The van der Waals surface area contributed by atoms with Gasteiger partial charge in [-0.3, -0.25) is 4.79 Å². The van der Waals surface area contributed by atoms with Gasteiger partial charge in [-0.05, 0) is 17.7 Å². The molecule has 1 aromatic heterocycles. The Hall–Kier alpha value is -1.40. The maximum absolute atomic E-state index is 11.9. The molecule has 0 radical (unpaired) electrons. The van der Waals surface area contributed by atoms with Crippen molar-refractivity contribution in [3.8, 4) is 0 Å². The maximum Gasteiger partial charge on any atom is 0.277 e. The molecule has 1 saturated heterocycles. The van der Waals surface area contributed by atoms with Crippen LogP contribution in [0.15, 0.2) is 41.1 Å². The molecule has 2 heterocycles. The van der Waals surface area contributed by atoms with Gasteiger partial charge in [0.25, 0.3) is 5.91 Å². The van der Waals surface area contributed by atoms with Crippen molar-refractivity contribution in [1.82, 2.24) is 5.16 Å². The quantitative estimate of drug-likeness (QED) is 0.939. The molecule has 19 heavy (non-hydrogen) atoms. The van der Waals surface area contributed by atoms with Gasteiger partial charge in [0, 0.05) is 23.3 Å². The van der Waals surface area contributed by atoms with E-state index in [-0.39, 0.29) is 11.6 Å². The van der Waals surface area contributed by atoms with Crippen LogP contribution < -0.4 is 5.32 Å². The third-order valence-electron chi connectivity index (χ3n) is 2.71. The number of rotatable bonds is 3. The van der Waals surface area contributed by atoms with Crippen molar-refractivity contribution >= 4 is 35.1 Å². The first kappa shape index (κ1) is 12.6. The third-order valence-corrected chi connectivity index (χ3v) is 5.81. The molecule has 0 unspecified atom stereocenters. The summed E-state index contributed by atoms with van der Waals surface area (Å²) in [6.45, 7) is 0. The second-order valence-corrected chi connectivity index (χ2v) is 6.76. The molecule has 1 fully saturated rings. The second-order valence-electron chi connectivity index (χ2n) is 4.04. The molecule has 1 aliphatic heterocycles. The van der Waals surface area contributed by atoms with E-state index in [2.05, 4.69) is 21.1 Å². The summed E-state index contributed by atoms with van der Waals surface area (Å²) in [5, 5.41) is 6.45. The van der Waals surface area contributed by atoms with Crippen LogP contribution in [0.3, 0.4) is 0 Å². The Kier molecular flexibility index (Phi) is 3.79. The third kappa shape index (κ3) is 2.96. The van der Waals surface area contributed by atoms with E-state index in [0.717, 1.165) is 5.69 Å². The van der Waals surface area contributed by atoms with Gasteiger partial charge < -0.3 is 9.84 Å². The van der Waals surface area contributed by atoms with Crippen LogP contribution in [0.5, 0.6) is 0 Å². The normalized spacial score (nSPS) is 15.6. The van der Waals surface area contributed by atoms with Gasteiger partial charge in [0.15, 0.2) is 5.69 Å². The number of benzene rings is 1. The molecule has 0 aliphatic carbocycles. The second kappa shape index (κ2) is 5.71. The van der Waals surface area contributed by atoms with E-state index < -0.39 is 0 Å². The van der Waals surface area contributed by atoms with Gasteiger partial charge in [0.05, 0.1) is 4.58 Å². The summed E-state index contributed by atoms with van der Waals surface area (Å²) in [6, 6.07) is 9.51. The van der Waals surface area contributed by atoms with Crippen molar-refractivity contribution in [2.75, 3.05) is 16.8 Å². The number of hydrogen-bond acceptors (Lipinski definition) is 5. The highest BCUT2D eigenvalue weighted by atomic mass is 32.2. The lowest BCUT2D eigenvalue weighted by molar-refractivity contribution is 0.101. The molecule has 1 N–H and O–H groups in total. The first-order valence-electron chi connectivity index (χ1n) is 5.88. The molecule has 0 bridgehead atoms. The SMILES string of the molecule is O=C(Nc1cccc(C2SCCS2)c1)c1ccon1. The minimum absolute atomic E-state index is 0.252. The van der Waals surface area contributed by atoms with E-state index in [9.17, 15) is 4.79 Å². The number of aromatic nitrogens is 1. The van der Waals surface area contributed by atoms with Crippen molar-refractivity contribution in [2.24, 2.45) is 0 Å². The van der Waals surface area contributed by atoms with Gasteiger partial charge >= 0.3 is 0 Å². The van der Waals surface area contributed by atoms with Gasteiger partial charge in [0.1, 0.15) is 6.26 Å². The fourth-order valence-corrected chi connectivity index (χ4v) is 4.68. The van der Waals surface area contributed by atoms with Crippen molar-refractivity contribution in [3.63, 3.8) is 0 Å². The number of carbonyl (C=O) groups excluding carboxylic acids is 1. The molecule has 4 nitrogen and oxygen atoms in total. The highest BCUT2D eigenvalue weighted by molar-refractivity contribution is 8.19. The Morgan fingerprint density at radius 1 is 1.32 bits per heavy atom. The lowest BCUT2D eigenvalue weighted by Crippen LogP contribution is -2.12. The van der Waals surface area contributed by atoms with Gasteiger partial charge in [-0.1, -0.05) is 17.3 Å². The molecule has 6 heteroatoms. The van der Waals surface area contributed by atoms with E-state index in [1.54, 1.807) is 6.07 Å². The Morgan fingerprint density at radius 3 is 2.89 bits per heavy atom. The molecule has 3 rings (SSSR count). The fraction of sp³-hybridized carbons (Fsp3) is 0.231. The predicted molar refractivity (Wildman–Crippen MR) is 78.6 cm³/mol. The summed E-state index contributed by atoms with van der Waals surface area (Å²) in [7, 11) is 0. The standard InChI is InChI=1S/C13H12N2O2S2/c16-12(11-4-5-17-15-11)14-10-3-1-2-9(8-10)13-18-6-7-19-13/h1-5,8,13H,6-7H2,(H,14,16). The minimum atomic E-state index is -0.252. The largest absolute Gasteiger partial charge is 0.364 e. The number of anilines is 1. The zero-order chi connectivity index (χ0) is 13.1. The van der Waals surface area contributed by atoms with Crippen LogP contribution in [0.4, 0.5) is 5.69 Å². The topological polar surface area (TPSA) is 55.1 Å². The summed E-state index contributed by atoms with van der Waals surface area (Å²) >= 11 is 3.89. The Labute approximate surface area is 119 Å². The van der Waals surface area contributed by atoms with Crippen LogP contribution in [0.25, 0.3) is 0 Å². The maximum atomic E-state index is 11.9. The molecule has 1 amide bonds. The average Bonchev–Trinajstić information content (AvgIpc) is 3.13. The Balaban J connectivity index is 1.74. The highest BCUT2D eigenvalue weighted by Crippen LogP contribution is 2.45. The monoisotopic (exact) mass is 292 g/mol. The van der Waals surface area contributed by atoms with Crippen molar-refractivity contribution in [3.05, 3.63) is 47.9 Å². The molecule has 98 valence electrons. The van der Waals surface area contributed by atoms with E-state index in [4.69, 9.17) is 0 Å². The zero-order valence-electron chi connectivity index (χ0n) is 10.0. The summed E-state index contributed by atoms with van der Waals surface area (Å²) < 4.78 is 5.14. The molecule has 1 aromatic carbocycles. The Bertz CT molecular complexity index is 566. The van der Waals surface area contributed by atoms with E-state index in [1.807, 2.05) is 41.7 Å². The number of carbonyl (C=O) groups is 1. The van der Waals surface area contributed by atoms with Crippen LogP contribution in [0.1, 0.15) is 20.6 Å². The molecule has 2 aromatic rings. The predicted octanol–water partition coefficient (Wildman–Crippen LogP) is 3.41. The average molecular weight is 292 g/mol. The smallest absolute Gasteiger partial charge is 0.277 e. The van der Waals surface area contributed by atoms with Gasteiger partial charge in [-0.25, -0.2) is 0 Å². The zero-order valence-corrected chi connectivity index (χ0v) is 11.7. The summed E-state index contributed by atoms with van der Waals surface area (Å²) in [6.07, 6.45) is 1.39. The molecular formula is C13H12N2O2S2. The summed E-state index contributed by atoms with van der Waals surface area (Å²) in [5.41, 5.74) is 2.32. The molecule has 0 atom stereocenters. The first-order chi connectivity index (χ1) is 9.33. The van der Waals surface area contributed by atoms with Crippen LogP contribution in [0, 0.1) is 0 Å². The number of hydrogen-bond donors (Lipinski definition) is 1. The number of nitrogens with zero attached hydrogens (tertiary/aromatic N) is 1. The molecule has 1 aliphatic rings. The van der Waals surface area contributed by atoms with Crippen molar-refractivity contribution in [1.29, 1.82) is 0 Å². The van der Waals surface area contributed by atoms with Crippen LogP contribution in [0.2, 0.25) is 0 Å². The number of nitrogens with one attached hydrogen (secondary N) is 1. The van der Waals surface area contributed by atoms with E-state index in [1.165, 1.54) is 23.3 Å². The van der Waals surface area contributed by atoms with Crippen molar-refractivity contribution < 1.29 is 9.32 Å². The van der Waals surface area contributed by atoms with Crippen LogP contribution >= 0.6 is 23.5 Å². The summed E-state index contributed by atoms with van der Waals surface area (Å²) in [4.78, 5) is 11.9. The van der Waals surface area contributed by atoms with Crippen LogP contribution in [-0.2, 0) is 0 Å². The molecular weight excluding hydrogens is 280 g/mol. The summed E-state index contributed by atoms with van der Waals surface area (Å²) in [5.74, 6) is 2.12. The van der Waals surface area contributed by atoms with Crippen molar-refractivity contribution in [2.45, 2.75) is 4.58 Å². The fourth-order valence-electron chi connectivity index (χ4n) is 1.84. The lowest BCUT2D eigenvalue weighted by Gasteiger charge is -2.10.